The third kappa shape index (κ3) is 6.08. The maximum atomic E-state index is 13.4. The molecule has 1 fully saturated rings. The molecule has 0 saturated carbocycles. The highest BCUT2D eigenvalue weighted by Gasteiger charge is 2.32. The SMILES string of the molecule is COc1ccccc1CN[C@H]1CCN(C(=O)c2cc(Cl)cc(Cl)c2)[C@H](Cc2ccccc2)C1. The summed E-state index contributed by atoms with van der Waals surface area (Å²) in [5, 5.41) is 4.63. The average molecular weight is 483 g/mol. The van der Waals surface area contributed by atoms with E-state index in [0.29, 0.717) is 28.2 Å². The highest BCUT2D eigenvalue weighted by molar-refractivity contribution is 6.35. The molecule has 0 unspecified atom stereocenters. The normalized spacial score (nSPS) is 18.2. The Hall–Kier alpha value is -2.53. The summed E-state index contributed by atoms with van der Waals surface area (Å²) in [5.41, 5.74) is 2.88. The lowest BCUT2D eigenvalue weighted by Gasteiger charge is -2.40. The molecule has 1 N–H and O–H groups in total. The van der Waals surface area contributed by atoms with Crippen molar-refractivity contribution in [2.75, 3.05) is 13.7 Å². The minimum atomic E-state index is -0.0245. The molecule has 0 bridgehead atoms. The van der Waals surface area contributed by atoms with Gasteiger partial charge in [0.25, 0.3) is 5.91 Å². The van der Waals surface area contributed by atoms with E-state index in [-0.39, 0.29) is 11.9 Å². The summed E-state index contributed by atoms with van der Waals surface area (Å²) in [7, 11) is 1.70. The van der Waals surface area contributed by atoms with Gasteiger partial charge in [-0.25, -0.2) is 0 Å². The Morgan fingerprint density at radius 3 is 2.45 bits per heavy atom. The minimum Gasteiger partial charge on any atom is -0.496 e. The van der Waals surface area contributed by atoms with Gasteiger partial charge in [0.2, 0.25) is 0 Å². The van der Waals surface area contributed by atoms with Gasteiger partial charge in [0.05, 0.1) is 7.11 Å². The van der Waals surface area contributed by atoms with Gasteiger partial charge >= 0.3 is 0 Å². The molecule has 1 saturated heterocycles. The molecule has 0 radical (unpaired) electrons. The number of likely N-dealkylation sites (tertiary alicyclic amines) is 1. The van der Waals surface area contributed by atoms with Crippen LogP contribution >= 0.6 is 23.2 Å². The van der Waals surface area contributed by atoms with Crippen LogP contribution in [0.3, 0.4) is 0 Å². The van der Waals surface area contributed by atoms with Crippen molar-refractivity contribution in [1.29, 1.82) is 0 Å². The summed E-state index contributed by atoms with van der Waals surface area (Å²) in [6.07, 6.45) is 2.54. The number of halogens is 2. The van der Waals surface area contributed by atoms with Crippen LogP contribution in [0.4, 0.5) is 0 Å². The number of hydrogen-bond donors (Lipinski definition) is 1. The molecule has 3 aromatic carbocycles. The number of benzene rings is 3. The van der Waals surface area contributed by atoms with E-state index in [1.54, 1.807) is 25.3 Å². The van der Waals surface area contributed by atoms with Crippen molar-refractivity contribution in [3.63, 3.8) is 0 Å². The number of nitrogens with zero attached hydrogens (tertiary/aromatic N) is 1. The molecule has 2 atom stereocenters. The Bertz CT molecular complexity index is 1070. The van der Waals surface area contributed by atoms with E-state index in [0.717, 1.165) is 37.1 Å². The van der Waals surface area contributed by atoms with Gasteiger partial charge in [-0.1, -0.05) is 71.7 Å². The number of hydrogen-bond acceptors (Lipinski definition) is 3. The largest absolute Gasteiger partial charge is 0.496 e. The van der Waals surface area contributed by atoms with Crippen LogP contribution in [-0.2, 0) is 13.0 Å². The number of nitrogens with one attached hydrogen (secondary N) is 1. The van der Waals surface area contributed by atoms with Gasteiger partial charge in [-0.15, -0.1) is 0 Å². The van der Waals surface area contributed by atoms with Crippen LogP contribution in [0.15, 0.2) is 72.8 Å². The van der Waals surface area contributed by atoms with Crippen LogP contribution in [0.2, 0.25) is 10.0 Å². The fourth-order valence-electron chi connectivity index (χ4n) is 4.53. The van der Waals surface area contributed by atoms with Gasteiger partial charge in [-0.3, -0.25) is 4.79 Å². The molecular formula is C27H28Cl2N2O2. The molecule has 0 aromatic heterocycles. The van der Waals surface area contributed by atoms with Gasteiger partial charge in [0, 0.05) is 46.3 Å². The number of carbonyl (C=O) groups excluding carboxylic acids is 1. The summed E-state index contributed by atoms with van der Waals surface area (Å²) >= 11 is 12.3. The highest BCUT2D eigenvalue weighted by atomic mass is 35.5. The predicted molar refractivity (Wildman–Crippen MR) is 134 cm³/mol. The molecule has 1 heterocycles. The molecule has 1 amide bonds. The Balaban J connectivity index is 1.51. The third-order valence-electron chi connectivity index (χ3n) is 6.17. The van der Waals surface area contributed by atoms with Crippen molar-refractivity contribution in [3.8, 4) is 5.75 Å². The van der Waals surface area contributed by atoms with E-state index in [2.05, 4.69) is 23.5 Å². The summed E-state index contributed by atoms with van der Waals surface area (Å²) in [6.45, 7) is 1.40. The van der Waals surface area contributed by atoms with Crippen LogP contribution < -0.4 is 10.1 Å². The van der Waals surface area contributed by atoms with Crippen LogP contribution in [0, 0.1) is 0 Å². The molecule has 0 aliphatic carbocycles. The third-order valence-corrected chi connectivity index (χ3v) is 6.61. The fourth-order valence-corrected chi connectivity index (χ4v) is 5.06. The number of methoxy groups -OCH3 is 1. The van der Waals surface area contributed by atoms with Gasteiger partial charge in [-0.05, 0) is 49.1 Å². The molecule has 1 aliphatic heterocycles. The summed E-state index contributed by atoms with van der Waals surface area (Å²) in [4.78, 5) is 15.4. The van der Waals surface area contributed by atoms with E-state index in [1.165, 1.54) is 5.56 Å². The van der Waals surface area contributed by atoms with E-state index < -0.39 is 0 Å². The fraction of sp³-hybridized carbons (Fsp3) is 0.296. The van der Waals surface area contributed by atoms with Crippen molar-refractivity contribution in [2.24, 2.45) is 0 Å². The zero-order valence-corrected chi connectivity index (χ0v) is 20.1. The topological polar surface area (TPSA) is 41.6 Å². The second-order valence-corrected chi connectivity index (χ2v) is 9.29. The molecular weight excluding hydrogens is 455 g/mol. The molecule has 4 rings (SSSR count). The molecule has 3 aromatic rings. The lowest BCUT2D eigenvalue weighted by atomic mass is 9.91. The Morgan fingerprint density at radius 1 is 1.03 bits per heavy atom. The first-order valence-electron chi connectivity index (χ1n) is 11.2. The van der Waals surface area contributed by atoms with Crippen molar-refractivity contribution in [2.45, 2.75) is 37.9 Å². The van der Waals surface area contributed by atoms with Gasteiger partial charge in [0.15, 0.2) is 0 Å². The second-order valence-electron chi connectivity index (χ2n) is 8.41. The van der Waals surface area contributed by atoms with Crippen LogP contribution in [-0.4, -0.2) is 36.5 Å². The maximum absolute atomic E-state index is 13.4. The van der Waals surface area contributed by atoms with Gasteiger partial charge in [0.1, 0.15) is 5.75 Å². The maximum Gasteiger partial charge on any atom is 0.254 e. The number of ether oxygens (including phenoxy) is 1. The Morgan fingerprint density at radius 2 is 1.73 bits per heavy atom. The standard InChI is InChI=1S/C27H28Cl2N2O2/c1-33-26-10-6-5-9-20(26)18-30-24-11-12-31(25(17-24)13-19-7-3-2-4-8-19)27(32)21-14-22(28)16-23(29)15-21/h2-10,14-16,24-25,30H,11-13,17-18H2,1H3/t24-,25+/m0/s1. The van der Waals surface area contributed by atoms with E-state index in [4.69, 9.17) is 27.9 Å². The second kappa shape index (κ2) is 11.1. The van der Waals surface area contributed by atoms with E-state index in [1.807, 2.05) is 41.3 Å². The van der Waals surface area contributed by atoms with Crippen LogP contribution in [0.5, 0.6) is 5.75 Å². The number of amides is 1. The minimum absolute atomic E-state index is 0.0245. The van der Waals surface area contributed by atoms with E-state index in [9.17, 15) is 4.79 Å². The first-order chi connectivity index (χ1) is 16.0. The molecule has 1 aliphatic rings. The Kier molecular flexibility index (Phi) is 7.92. The van der Waals surface area contributed by atoms with Crippen molar-refractivity contribution in [1.82, 2.24) is 10.2 Å². The van der Waals surface area contributed by atoms with Crippen molar-refractivity contribution < 1.29 is 9.53 Å². The average Bonchev–Trinajstić information content (AvgIpc) is 2.82. The highest BCUT2D eigenvalue weighted by Crippen LogP contribution is 2.27. The zero-order chi connectivity index (χ0) is 23.2. The smallest absolute Gasteiger partial charge is 0.254 e. The zero-order valence-electron chi connectivity index (χ0n) is 18.6. The molecule has 33 heavy (non-hydrogen) atoms. The van der Waals surface area contributed by atoms with Crippen molar-refractivity contribution >= 4 is 29.1 Å². The van der Waals surface area contributed by atoms with E-state index >= 15 is 0 Å². The molecule has 4 nitrogen and oxygen atoms in total. The summed E-state index contributed by atoms with van der Waals surface area (Å²) in [5.74, 6) is 0.861. The lowest BCUT2D eigenvalue weighted by molar-refractivity contribution is 0.0576. The summed E-state index contributed by atoms with van der Waals surface area (Å²) < 4.78 is 5.49. The monoisotopic (exact) mass is 482 g/mol. The first-order valence-corrected chi connectivity index (χ1v) is 12.0. The summed E-state index contributed by atoms with van der Waals surface area (Å²) in [6, 6.07) is 23.8. The van der Waals surface area contributed by atoms with Crippen LogP contribution in [0.25, 0.3) is 0 Å². The van der Waals surface area contributed by atoms with Gasteiger partial charge in [-0.2, -0.15) is 0 Å². The number of piperidine rings is 1. The van der Waals surface area contributed by atoms with Crippen molar-refractivity contribution in [3.05, 3.63) is 99.5 Å². The molecule has 172 valence electrons. The Labute approximate surface area is 205 Å². The lowest BCUT2D eigenvalue weighted by Crippen LogP contribution is -2.51. The number of rotatable bonds is 7. The number of carbonyl (C=O) groups is 1. The van der Waals surface area contributed by atoms with Crippen LogP contribution in [0.1, 0.15) is 34.3 Å². The quantitative estimate of drug-likeness (QED) is 0.448. The predicted octanol–water partition coefficient (Wildman–Crippen LogP) is 6.01. The first kappa shape index (κ1) is 23.6. The van der Waals surface area contributed by atoms with Gasteiger partial charge < -0.3 is 15.0 Å². The number of para-hydroxylation sites is 1. The molecule has 6 heteroatoms. The molecule has 0 spiro atoms.